The van der Waals surface area contributed by atoms with Crippen molar-refractivity contribution in [2.75, 3.05) is 7.05 Å². The van der Waals surface area contributed by atoms with Gasteiger partial charge in [-0.2, -0.15) is 0 Å². The predicted octanol–water partition coefficient (Wildman–Crippen LogP) is 1.21. The molecule has 0 bridgehead atoms. The van der Waals surface area contributed by atoms with Crippen LogP contribution >= 0.6 is 11.8 Å². The van der Waals surface area contributed by atoms with Gasteiger partial charge in [-0.15, -0.1) is 5.10 Å². The van der Waals surface area contributed by atoms with Crippen LogP contribution in [0.25, 0.3) is 0 Å². The number of aromatic amines is 1. The highest BCUT2D eigenvalue weighted by Gasteiger charge is 2.26. The van der Waals surface area contributed by atoms with Crippen LogP contribution in [0.4, 0.5) is 0 Å². The fourth-order valence-electron chi connectivity index (χ4n) is 2.38. The molecule has 1 saturated carbocycles. The van der Waals surface area contributed by atoms with E-state index in [0.29, 0.717) is 17.8 Å². The summed E-state index contributed by atoms with van der Waals surface area (Å²) in [4.78, 5) is 11.5. The summed E-state index contributed by atoms with van der Waals surface area (Å²) in [5.74, 6) is 0. The molecule has 17 heavy (non-hydrogen) atoms. The average molecular weight is 256 g/mol. The zero-order chi connectivity index (χ0) is 12.3. The van der Waals surface area contributed by atoms with E-state index in [0.717, 1.165) is 5.16 Å². The lowest BCUT2D eigenvalue weighted by Gasteiger charge is -2.30. The molecule has 2 rings (SSSR count). The number of rotatable bonds is 4. The van der Waals surface area contributed by atoms with Crippen molar-refractivity contribution < 1.29 is 0 Å². The molecule has 1 fully saturated rings. The molecule has 2 N–H and O–H groups in total. The highest BCUT2D eigenvalue weighted by Crippen LogP contribution is 2.32. The van der Waals surface area contributed by atoms with Crippen molar-refractivity contribution >= 4 is 11.8 Å². The summed E-state index contributed by atoms with van der Waals surface area (Å²) in [5.41, 5.74) is -0.105. The fraction of sp³-hybridized carbons (Fsp3) is 0.818. The Labute approximate surface area is 105 Å². The number of nitrogens with zero attached hydrogens (tertiary/aromatic N) is 2. The first kappa shape index (κ1) is 12.7. The van der Waals surface area contributed by atoms with Crippen molar-refractivity contribution in [1.82, 2.24) is 20.1 Å². The van der Waals surface area contributed by atoms with E-state index in [2.05, 4.69) is 15.5 Å². The largest absolute Gasteiger partial charge is 0.343 e. The third-order valence-electron chi connectivity index (χ3n) is 3.37. The second kappa shape index (κ2) is 5.73. The summed E-state index contributed by atoms with van der Waals surface area (Å²) in [5, 5.41) is 11.4. The molecule has 1 aliphatic carbocycles. The Bertz CT molecular complexity index is 414. The van der Waals surface area contributed by atoms with Crippen molar-refractivity contribution in [2.45, 2.75) is 55.6 Å². The Kier molecular flexibility index (Phi) is 4.28. The van der Waals surface area contributed by atoms with Crippen LogP contribution in [0.1, 0.15) is 32.6 Å². The molecule has 2 unspecified atom stereocenters. The molecule has 96 valence electrons. The van der Waals surface area contributed by atoms with Crippen molar-refractivity contribution in [2.24, 2.45) is 0 Å². The van der Waals surface area contributed by atoms with E-state index in [1.54, 1.807) is 16.3 Å². The van der Waals surface area contributed by atoms with Crippen LogP contribution in [0.5, 0.6) is 0 Å². The van der Waals surface area contributed by atoms with Crippen LogP contribution in [0.15, 0.2) is 9.95 Å². The Balaban J connectivity index is 2.10. The van der Waals surface area contributed by atoms with Crippen LogP contribution in [-0.4, -0.2) is 33.1 Å². The van der Waals surface area contributed by atoms with Crippen LogP contribution < -0.4 is 11.0 Å². The van der Waals surface area contributed by atoms with Gasteiger partial charge in [0.2, 0.25) is 0 Å². The highest BCUT2D eigenvalue weighted by molar-refractivity contribution is 7.99. The predicted molar refractivity (Wildman–Crippen MR) is 69.5 cm³/mol. The quantitative estimate of drug-likeness (QED) is 0.850. The van der Waals surface area contributed by atoms with E-state index in [4.69, 9.17) is 0 Å². The monoisotopic (exact) mass is 256 g/mol. The van der Waals surface area contributed by atoms with E-state index in [-0.39, 0.29) is 5.69 Å². The number of hydrogen-bond donors (Lipinski definition) is 2. The topological polar surface area (TPSA) is 62.7 Å². The Morgan fingerprint density at radius 2 is 2.29 bits per heavy atom. The number of hydrogen-bond acceptors (Lipinski definition) is 4. The first-order valence-electron chi connectivity index (χ1n) is 6.25. The van der Waals surface area contributed by atoms with Gasteiger partial charge in [0.15, 0.2) is 5.16 Å². The van der Waals surface area contributed by atoms with Crippen molar-refractivity contribution in [3.63, 3.8) is 0 Å². The minimum Gasteiger partial charge on any atom is -0.316 e. The molecule has 6 heteroatoms. The minimum absolute atomic E-state index is 0.105. The first-order valence-corrected chi connectivity index (χ1v) is 7.13. The zero-order valence-electron chi connectivity index (χ0n) is 10.4. The Morgan fingerprint density at radius 1 is 1.53 bits per heavy atom. The van der Waals surface area contributed by atoms with E-state index in [1.807, 2.05) is 14.0 Å². The van der Waals surface area contributed by atoms with Gasteiger partial charge in [-0.3, -0.25) is 4.57 Å². The summed E-state index contributed by atoms with van der Waals surface area (Å²) in [6, 6.07) is 0.533. The van der Waals surface area contributed by atoms with Crippen LogP contribution in [0.3, 0.4) is 0 Å². The van der Waals surface area contributed by atoms with Crippen molar-refractivity contribution in [3.8, 4) is 0 Å². The standard InChI is InChI=1S/C11H20N4OS/c1-3-15-10(16)13-14-11(15)17-9-7-5-4-6-8(9)12-2/h8-9,12H,3-7H2,1-2H3,(H,13,16). The Morgan fingerprint density at radius 3 is 3.00 bits per heavy atom. The summed E-state index contributed by atoms with van der Waals surface area (Å²) < 4.78 is 1.70. The maximum Gasteiger partial charge on any atom is 0.343 e. The molecule has 0 amide bonds. The van der Waals surface area contributed by atoms with Gasteiger partial charge in [-0.25, -0.2) is 9.89 Å². The fourth-order valence-corrected chi connectivity index (χ4v) is 3.80. The molecule has 1 aromatic heterocycles. The van der Waals surface area contributed by atoms with Gasteiger partial charge in [0, 0.05) is 17.8 Å². The second-order valence-electron chi connectivity index (χ2n) is 4.39. The third kappa shape index (κ3) is 2.74. The molecular weight excluding hydrogens is 236 g/mol. The lowest BCUT2D eigenvalue weighted by molar-refractivity contribution is 0.404. The van der Waals surface area contributed by atoms with Gasteiger partial charge in [-0.05, 0) is 26.8 Å². The molecule has 2 atom stereocenters. The lowest BCUT2D eigenvalue weighted by atomic mass is 9.95. The van der Waals surface area contributed by atoms with E-state index < -0.39 is 0 Å². The maximum atomic E-state index is 11.5. The molecule has 1 aliphatic rings. The van der Waals surface area contributed by atoms with E-state index in [9.17, 15) is 4.79 Å². The second-order valence-corrected chi connectivity index (χ2v) is 5.60. The number of nitrogens with one attached hydrogen (secondary N) is 2. The molecule has 0 aromatic carbocycles. The molecule has 1 aromatic rings. The smallest absolute Gasteiger partial charge is 0.316 e. The summed E-state index contributed by atoms with van der Waals surface area (Å²) in [7, 11) is 2.01. The zero-order valence-corrected chi connectivity index (χ0v) is 11.2. The van der Waals surface area contributed by atoms with E-state index >= 15 is 0 Å². The molecular formula is C11H20N4OS. The summed E-state index contributed by atoms with van der Waals surface area (Å²) in [6.45, 7) is 2.64. The molecule has 0 aliphatic heterocycles. The minimum atomic E-state index is -0.105. The van der Waals surface area contributed by atoms with Gasteiger partial charge in [0.25, 0.3) is 0 Å². The Hall–Kier alpha value is -0.750. The van der Waals surface area contributed by atoms with Gasteiger partial charge in [-0.1, -0.05) is 24.6 Å². The van der Waals surface area contributed by atoms with Gasteiger partial charge in [0.1, 0.15) is 0 Å². The van der Waals surface area contributed by atoms with Gasteiger partial charge in [0.05, 0.1) is 0 Å². The summed E-state index contributed by atoms with van der Waals surface area (Å²) >= 11 is 1.73. The highest BCUT2D eigenvalue weighted by atomic mass is 32.2. The van der Waals surface area contributed by atoms with E-state index in [1.165, 1.54) is 25.7 Å². The number of aromatic nitrogens is 3. The normalized spacial score (nSPS) is 25.1. The number of H-pyrrole nitrogens is 1. The molecule has 5 nitrogen and oxygen atoms in total. The van der Waals surface area contributed by atoms with Crippen molar-refractivity contribution in [3.05, 3.63) is 10.5 Å². The van der Waals surface area contributed by atoms with Crippen LogP contribution in [0.2, 0.25) is 0 Å². The molecule has 0 spiro atoms. The summed E-state index contributed by atoms with van der Waals surface area (Å²) in [6.07, 6.45) is 4.98. The lowest BCUT2D eigenvalue weighted by Crippen LogP contribution is -2.38. The van der Waals surface area contributed by atoms with Crippen LogP contribution in [0, 0.1) is 0 Å². The third-order valence-corrected chi connectivity index (χ3v) is 4.76. The van der Waals surface area contributed by atoms with Crippen LogP contribution in [-0.2, 0) is 6.54 Å². The average Bonchev–Trinajstić information content (AvgIpc) is 2.70. The van der Waals surface area contributed by atoms with Gasteiger partial charge < -0.3 is 5.32 Å². The molecule has 1 heterocycles. The number of thioether (sulfide) groups is 1. The molecule has 0 saturated heterocycles. The SMILES string of the molecule is CCn1c(SC2CCCCC2NC)n[nH]c1=O. The molecule has 0 radical (unpaired) electrons. The maximum absolute atomic E-state index is 11.5. The van der Waals surface area contributed by atoms with Gasteiger partial charge >= 0.3 is 5.69 Å². The van der Waals surface area contributed by atoms with Crippen molar-refractivity contribution in [1.29, 1.82) is 0 Å². The first-order chi connectivity index (χ1) is 8.26.